The predicted molar refractivity (Wildman–Crippen MR) is 128 cm³/mol. The van der Waals surface area contributed by atoms with Crippen LogP contribution < -0.4 is 10.1 Å². The number of thiophene rings is 1. The molecule has 0 aliphatic rings. The lowest BCUT2D eigenvalue weighted by atomic mass is 9.87. The van der Waals surface area contributed by atoms with Crippen LogP contribution in [-0.2, 0) is 16.8 Å². The zero-order chi connectivity index (χ0) is 23.3. The van der Waals surface area contributed by atoms with Crippen molar-refractivity contribution in [2.24, 2.45) is 0 Å². The lowest BCUT2D eigenvalue weighted by Gasteiger charge is -2.20. The molecule has 2 heterocycles. The van der Waals surface area contributed by atoms with E-state index in [0.717, 1.165) is 5.75 Å². The second kappa shape index (κ2) is 10.2. The Morgan fingerprint density at radius 2 is 2.00 bits per heavy atom. The lowest BCUT2D eigenvalue weighted by molar-refractivity contribution is -0.113. The summed E-state index contributed by atoms with van der Waals surface area (Å²) in [6, 6.07) is 11.9. The summed E-state index contributed by atoms with van der Waals surface area (Å²) in [6.07, 6.45) is -0.296. The first kappa shape index (κ1) is 23.8. The first-order valence-electron chi connectivity index (χ1n) is 10.3. The Morgan fingerprint density at radius 1 is 1.28 bits per heavy atom. The zero-order valence-corrected chi connectivity index (χ0v) is 20.5. The first-order valence-corrected chi connectivity index (χ1v) is 12.2. The highest BCUT2D eigenvalue weighted by atomic mass is 32.2. The topological polar surface area (TPSA) is 92.8 Å². The number of rotatable bonds is 8. The number of nitriles is 1. The normalized spacial score (nSPS) is 12.2. The number of thioether (sulfide) groups is 1. The van der Waals surface area contributed by atoms with Gasteiger partial charge in [0.25, 0.3) is 0 Å². The van der Waals surface area contributed by atoms with Crippen molar-refractivity contribution in [3.63, 3.8) is 0 Å². The molecule has 1 unspecified atom stereocenters. The fraction of sp³-hybridized carbons (Fsp3) is 0.391. The molecule has 1 atom stereocenters. The quantitative estimate of drug-likeness (QED) is 0.444. The summed E-state index contributed by atoms with van der Waals surface area (Å²) in [4.78, 5) is 12.3. The predicted octanol–water partition coefficient (Wildman–Crippen LogP) is 5.40. The monoisotopic (exact) mass is 469 g/mol. The fourth-order valence-electron chi connectivity index (χ4n) is 3.08. The standard InChI is InChI=1S/C23H27N5O2S2/c1-6-28-20(15(2)30-18-9-7-17(8-10-18)23(3,4)5)26-27-22(28)32-14-19(29)25-21-16(13-24)11-12-31-21/h7-12,15H,6,14H2,1-5H3,(H,25,29). The Morgan fingerprint density at radius 3 is 2.62 bits per heavy atom. The number of nitrogens with one attached hydrogen (secondary N) is 1. The Balaban J connectivity index is 1.63. The van der Waals surface area contributed by atoms with Crippen LogP contribution >= 0.6 is 23.1 Å². The van der Waals surface area contributed by atoms with Gasteiger partial charge in [0, 0.05) is 6.54 Å². The van der Waals surface area contributed by atoms with Crippen LogP contribution in [0.3, 0.4) is 0 Å². The van der Waals surface area contributed by atoms with Gasteiger partial charge in [-0.1, -0.05) is 44.7 Å². The van der Waals surface area contributed by atoms with E-state index in [1.807, 2.05) is 30.5 Å². The van der Waals surface area contributed by atoms with Crippen LogP contribution in [0.2, 0.25) is 0 Å². The van der Waals surface area contributed by atoms with Gasteiger partial charge in [0.15, 0.2) is 17.1 Å². The van der Waals surface area contributed by atoms with Crippen molar-refractivity contribution in [2.75, 3.05) is 11.1 Å². The van der Waals surface area contributed by atoms with Gasteiger partial charge in [0.1, 0.15) is 16.8 Å². The molecule has 7 nitrogen and oxygen atoms in total. The molecule has 3 rings (SSSR count). The van der Waals surface area contributed by atoms with Crippen molar-refractivity contribution in [3.05, 3.63) is 52.7 Å². The van der Waals surface area contributed by atoms with Gasteiger partial charge in [-0.05, 0) is 48.4 Å². The van der Waals surface area contributed by atoms with Gasteiger partial charge >= 0.3 is 0 Å². The highest BCUT2D eigenvalue weighted by Crippen LogP contribution is 2.28. The van der Waals surface area contributed by atoms with Gasteiger partial charge in [0.2, 0.25) is 5.91 Å². The molecule has 1 aromatic carbocycles. The number of anilines is 1. The van der Waals surface area contributed by atoms with Gasteiger partial charge < -0.3 is 14.6 Å². The summed E-state index contributed by atoms with van der Waals surface area (Å²) < 4.78 is 8.06. The van der Waals surface area contributed by atoms with E-state index in [4.69, 9.17) is 10.00 Å². The summed E-state index contributed by atoms with van der Waals surface area (Å²) in [5.74, 6) is 1.46. The Bertz CT molecular complexity index is 1110. The van der Waals surface area contributed by atoms with E-state index < -0.39 is 0 Å². The van der Waals surface area contributed by atoms with Gasteiger partial charge in [-0.2, -0.15) is 5.26 Å². The number of carbonyl (C=O) groups is 1. The minimum atomic E-state index is -0.296. The third-order valence-corrected chi connectivity index (χ3v) is 6.63. The molecule has 0 fully saturated rings. The summed E-state index contributed by atoms with van der Waals surface area (Å²) in [6.45, 7) is 11.1. The molecule has 0 radical (unpaired) electrons. The van der Waals surface area contributed by atoms with Crippen LogP contribution in [0, 0.1) is 11.3 Å². The Labute approximate surface area is 196 Å². The Kier molecular flexibility index (Phi) is 7.59. The van der Waals surface area contributed by atoms with Crippen molar-refractivity contribution in [2.45, 2.75) is 57.8 Å². The van der Waals surface area contributed by atoms with Gasteiger partial charge in [0.05, 0.1) is 11.3 Å². The first-order chi connectivity index (χ1) is 15.2. The average Bonchev–Trinajstić information content (AvgIpc) is 3.38. The molecule has 32 heavy (non-hydrogen) atoms. The minimum Gasteiger partial charge on any atom is -0.483 e. The second-order valence-electron chi connectivity index (χ2n) is 8.23. The number of aromatic nitrogens is 3. The van der Waals surface area contributed by atoms with E-state index in [-0.39, 0.29) is 23.2 Å². The number of carbonyl (C=O) groups excluding carboxylic acids is 1. The van der Waals surface area contributed by atoms with Crippen LogP contribution in [0.1, 0.15) is 57.7 Å². The molecule has 0 saturated heterocycles. The largest absolute Gasteiger partial charge is 0.483 e. The number of benzene rings is 1. The number of amides is 1. The van der Waals surface area contributed by atoms with E-state index in [0.29, 0.717) is 28.1 Å². The summed E-state index contributed by atoms with van der Waals surface area (Å²) in [7, 11) is 0. The third kappa shape index (κ3) is 5.69. The molecule has 9 heteroatoms. The van der Waals surface area contributed by atoms with Crippen LogP contribution in [-0.4, -0.2) is 26.4 Å². The van der Waals surface area contributed by atoms with E-state index >= 15 is 0 Å². The molecule has 0 bridgehead atoms. The highest BCUT2D eigenvalue weighted by molar-refractivity contribution is 7.99. The van der Waals surface area contributed by atoms with E-state index in [9.17, 15) is 4.79 Å². The number of ether oxygens (including phenoxy) is 1. The minimum absolute atomic E-state index is 0.0879. The summed E-state index contributed by atoms with van der Waals surface area (Å²) in [5, 5.41) is 23.4. The van der Waals surface area contributed by atoms with Crippen molar-refractivity contribution in [3.8, 4) is 11.8 Å². The zero-order valence-electron chi connectivity index (χ0n) is 18.9. The van der Waals surface area contributed by atoms with Crippen molar-refractivity contribution >= 4 is 34.0 Å². The number of hydrogen-bond donors (Lipinski definition) is 1. The van der Waals surface area contributed by atoms with Gasteiger partial charge in [-0.15, -0.1) is 21.5 Å². The Hall–Kier alpha value is -2.83. The lowest BCUT2D eigenvalue weighted by Crippen LogP contribution is -2.15. The average molecular weight is 470 g/mol. The molecule has 1 amide bonds. The third-order valence-electron chi connectivity index (χ3n) is 4.83. The molecular weight excluding hydrogens is 442 g/mol. The van der Waals surface area contributed by atoms with E-state index in [1.165, 1.54) is 28.7 Å². The van der Waals surface area contributed by atoms with E-state index in [2.05, 4.69) is 54.5 Å². The molecular formula is C23H27N5O2S2. The van der Waals surface area contributed by atoms with Gasteiger partial charge in [-0.3, -0.25) is 4.79 Å². The van der Waals surface area contributed by atoms with Crippen LogP contribution in [0.25, 0.3) is 0 Å². The molecule has 168 valence electrons. The molecule has 3 aromatic rings. The molecule has 0 aliphatic heterocycles. The van der Waals surface area contributed by atoms with Gasteiger partial charge in [-0.25, -0.2) is 0 Å². The summed E-state index contributed by atoms with van der Waals surface area (Å²) in [5.41, 5.74) is 1.80. The van der Waals surface area contributed by atoms with Crippen LogP contribution in [0.15, 0.2) is 40.9 Å². The van der Waals surface area contributed by atoms with E-state index in [1.54, 1.807) is 11.4 Å². The van der Waals surface area contributed by atoms with Crippen LogP contribution in [0.4, 0.5) is 5.00 Å². The molecule has 0 spiro atoms. The smallest absolute Gasteiger partial charge is 0.235 e. The van der Waals surface area contributed by atoms with Crippen molar-refractivity contribution < 1.29 is 9.53 Å². The maximum Gasteiger partial charge on any atom is 0.235 e. The molecule has 2 aromatic heterocycles. The molecule has 1 N–H and O–H groups in total. The maximum atomic E-state index is 12.3. The fourth-order valence-corrected chi connectivity index (χ4v) is 4.65. The number of nitrogens with zero attached hydrogens (tertiary/aromatic N) is 4. The molecule has 0 aliphatic carbocycles. The van der Waals surface area contributed by atoms with Crippen molar-refractivity contribution in [1.29, 1.82) is 5.26 Å². The second-order valence-corrected chi connectivity index (χ2v) is 10.1. The number of hydrogen-bond acceptors (Lipinski definition) is 7. The van der Waals surface area contributed by atoms with Crippen LogP contribution in [0.5, 0.6) is 5.75 Å². The highest BCUT2D eigenvalue weighted by Gasteiger charge is 2.20. The summed E-state index contributed by atoms with van der Waals surface area (Å²) >= 11 is 2.64. The maximum absolute atomic E-state index is 12.3. The molecule has 0 saturated carbocycles. The van der Waals surface area contributed by atoms with Crippen molar-refractivity contribution in [1.82, 2.24) is 14.8 Å². The SMILES string of the molecule is CCn1c(SCC(=O)Nc2sccc2C#N)nnc1C(C)Oc1ccc(C(C)(C)C)cc1.